The van der Waals surface area contributed by atoms with Gasteiger partial charge in [0.15, 0.2) is 0 Å². The topological polar surface area (TPSA) is 36.3 Å². The van der Waals surface area contributed by atoms with Crippen LogP contribution >= 0.6 is 11.6 Å². The lowest BCUT2D eigenvalue weighted by Gasteiger charge is -2.41. The van der Waals surface area contributed by atoms with Crippen LogP contribution in [0.4, 0.5) is 5.69 Å². The lowest BCUT2D eigenvalue weighted by Crippen LogP contribution is -2.50. The number of hydrogen-bond acceptors (Lipinski definition) is 3. The molecule has 0 saturated carbocycles. The Kier molecular flexibility index (Phi) is 3.79. The molecular formula is C14H17ClN2O. The summed E-state index contributed by atoms with van der Waals surface area (Å²) in [7, 11) is 0. The minimum absolute atomic E-state index is 0.146. The zero-order valence-corrected chi connectivity index (χ0v) is 11.5. The molecule has 1 unspecified atom stereocenters. The van der Waals surface area contributed by atoms with Gasteiger partial charge in [-0.2, -0.15) is 5.26 Å². The molecule has 1 aromatic rings. The molecule has 1 atom stereocenters. The molecule has 0 spiro atoms. The average Bonchev–Trinajstić information content (AvgIpc) is 2.39. The summed E-state index contributed by atoms with van der Waals surface area (Å²) in [5.41, 5.74) is 1.43. The van der Waals surface area contributed by atoms with E-state index in [0.29, 0.717) is 17.2 Å². The van der Waals surface area contributed by atoms with Crippen LogP contribution in [0.3, 0.4) is 0 Å². The molecular weight excluding hydrogens is 248 g/mol. The maximum absolute atomic E-state index is 9.18. The molecule has 0 bridgehead atoms. The molecule has 0 radical (unpaired) electrons. The van der Waals surface area contributed by atoms with Crippen molar-refractivity contribution in [3.63, 3.8) is 0 Å². The molecule has 1 aromatic carbocycles. The van der Waals surface area contributed by atoms with Crippen LogP contribution in [0.2, 0.25) is 5.02 Å². The van der Waals surface area contributed by atoms with Gasteiger partial charge < -0.3 is 9.64 Å². The maximum Gasteiger partial charge on any atom is 0.101 e. The summed E-state index contributed by atoms with van der Waals surface area (Å²) in [5, 5.41) is 9.84. The Morgan fingerprint density at radius 1 is 1.56 bits per heavy atom. The highest BCUT2D eigenvalue weighted by Gasteiger charge is 2.31. The van der Waals surface area contributed by atoms with Crippen molar-refractivity contribution in [3.8, 4) is 6.07 Å². The van der Waals surface area contributed by atoms with E-state index in [9.17, 15) is 5.26 Å². The highest BCUT2D eigenvalue weighted by Crippen LogP contribution is 2.29. The summed E-state index contributed by atoms with van der Waals surface area (Å²) >= 11 is 6.03. The first-order valence-electron chi connectivity index (χ1n) is 6.16. The van der Waals surface area contributed by atoms with Crippen molar-refractivity contribution in [2.24, 2.45) is 0 Å². The zero-order chi connectivity index (χ0) is 13.2. The first-order valence-corrected chi connectivity index (χ1v) is 6.54. The van der Waals surface area contributed by atoms with E-state index < -0.39 is 0 Å². The van der Waals surface area contributed by atoms with Gasteiger partial charge in [0.25, 0.3) is 0 Å². The highest BCUT2D eigenvalue weighted by atomic mass is 35.5. The number of nitriles is 1. The number of rotatable bonds is 2. The van der Waals surface area contributed by atoms with Crippen molar-refractivity contribution in [1.29, 1.82) is 5.26 Å². The fourth-order valence-electron chi connectivity index (χ4n) is 2.21. The van der Waals surface area contributed by atoms with E-state index in [0.717, 1.165) is 25.2 Å². The van der Waals surface area contributed by atoms with Crippen molar-refractivity contribution >= 4 is 17.3 Å². The number of benzene rings is 1. The number of anilines is 1. The summed E-state index contributed by atoms with van der Waals surface area (Å²) in [5.74, 6) is 0. The van der Waals surface area contributed by atoms with E-state index >= 15 is 0 Å². The average molecular weight is 265 g/mol. The van der Waals surface area contributed by atoms with Gasteiger partial charge in [0.05, 0.1) is 23.5 Å². The summed E-state index contributed by atoms with van der Waals surface area (Å²) in [6.45, 7) is 6.49. The standard InChI is InChI=1S/C14H17ClN2O/c1-3-14(2)10-17(6-7-18-14)13-8-12(15)5-4-11(13)9-16/h4-5,8H,3,6-7,10H2,1-2H3. The Morgan fingerprint density at radius 2 is 2.33 bits per heavy atom. The highest BCUT2D eigenvalue weighted by molar-refractivity contribution is 6.30. The maximum atomic E-state index is 9.18. The van der Waals surface area contributed by atoms with E-state index in [1.165, 1.54) is 0 Å². The fraction of sp³-hybridized carbons (Fsp3) is 0.500. The largest absolute Gasteiger partial charge is 0.372 e. The van der Waals surface area contributed by atoms with Gasteiger partial charge in [-0.1, -0.05) is 18.5 Å². The van der Waals surface area contributed by atoms with Crippen LogP contribution in [0.1, 0.15) is 25.8 Å². The van der Waals surface area contributed by atoms with Crippen LogP contribution in [-0.4, -0.2) is 25.3 Å². The van der Waals surface area contributed by atoms with Gasteiger partial charge in [0, 0.05) is 18.1 Å². The molecule has 0 aromatic heterocycles. The predicted octanol–water partition coefficient (Wildman–Crippen LogP) is 3.22. The van der Waals surface area contributed by atoms with E-state index in [1.807, 2.05) is 6.07 Å². The zero-order valence-electron chi connectivity index (χ0n) is 10.7. The third kappa shape index (κ3) is 2.60. The van der Waals surface area contributed by atoms with Crippen LogP contribution in [0, 0.1) is 11.3 Å². The number of morpholine rings is 1. The van der Waals surface area contributed by atoms with Gasteiger partial charge in [-0.15, -0.1) is 0 Å². The fourth-order valence-corrected chi connectivity index (χ4v) is 2.38. The van der Waals surface area contributed by atoms with Crippen molar-refractivity contribution in [1.82, 2.24) is 0 Å². The molecule has 2 rings (SSSR count). The summed E-state index contributed by atoms with van der Waals surface area (Å²) in [6, 6.07) is 7.61. The van der Waals surface area contributed by atoms with Crippen LogP contribution in [0.25, 0.3) is 0 Å². The molecule has 1 saturated heterocycles. The first-order chi connectivity index (χ1) is 8.58. The van der Waals surface area contributed by atoms with Crippen LogP contribution in [0.15, 0.2) is 18.2 Å². The second-order valence-corrected chi connectivity index (χ2v) is 5.28. The van der Waals surface area contributed by atoms with E-state index in [-0.39, 0.29) is 5.60 Å². The Labute approximate surface area is 113 Å². The third-order valence-electron chi connectivity index (χ3n) is 3.51. The second-order valence-electron chi connectivity index (χ2n) is 4.85. The van der Waals surface area contributed by atoms with Crippen LogP contribution in [-0.2, 0) is 4.74 Å². The van der Waals surface area contributed by atoms with Crippen molar-refractivity contribution in [2.75, 3.05) is 24.6 Å². The second kappa shape index (κ2) is 5.17. The number of halogens is 1. The van der Waals surface area contributed by atoms with Gasteiger partial charge >= 0.3 is 0 Å². The molecule has 1 heterocycles. The Bertz CT molecular complexity index is 483. The van der Waals surface area contributed by atoms with Crippen molar-refractivity contribution < 1.29 is 4.74 Å². The predicted molar refractivity (Wildman–Crippen MR) is 73.0 cm³/mol. The van der Waals surface area contributed by atoms with Gasteiger partial charge in [-0.3, -0.25) is 0 Å². The van der Waals surface area contributed by atoms with Crippen molar-refractivity contribution in [2.45, 2.75) is 25.9 Å². The number of nitrogens with zero attached hydrogens (tertiary/aromatic N) is 2. The lowest BCUT2D eigenvalue weighted by molar-refractivity contribution is -0.0441. The Balaban J connectivity index is 2.31. The SMILES string of the molecule is CCC1(C)CN(c2cc(Cl)ccc2C#N)CCO1. The minimum atomic E-state index is -0.146. The van der Waals surface area contributed by atoms with Gasteiger partial charge in [-0.05, 0) is 31.5 Å². The quantitative estimate of drug-likeness (QED) is 0.823. The Morgan fingerprint density at radius 3 is 3.00 bits per heavy atom. The number of hydrogen-bond donors (Lipinski definition) is 0. The van der Waals surface area contributed by atoms with E-state index in [2.05, 4.69) is 24.8 Å². The van der Waals surface area contributed by atoms with Gasteiger partial charge in [0.1, 0.15) is 6.07 Å². The van der Waals surface area contributed by atoms with Gasteiger partial charge in [0.2, 0.25) is 0 Å². The monoisotopic (exact) mass is 264 g/mol. The van der Waals surface area contributed by atoms with Crippen molar-refractivity contribution in [3.05, 3.63) is 28.8 Å². The Hall–Kier alpha value is -1.24. The molecule has 1 aliphatic heterocycles. The normalized spacial score (nSPS) is 23.8. The van der Waals surface area contributed by atoms with E-state index in [1.54, 1.807) is 12.1 Å². The summed E-state index contributed by atoms with van der Waals surface area (Å²) < 4.78 is 5.81. The molecule has 3 nitrogen and oxygen atoms in total. The molecule has 0 amide bonds. The molecule has 1 fully saturated rings. The van der Waals surface area contributed by atoms with E-state index in [4.69, 9.17) is 16.3 Å². The minimum Gasteiger partial charge on any atom is -0.372 e. The molecule has 1 aliphatic rings. The van der Waals surface area contributed by atoms with Crippen LogP contribution < -0.4 is 4.90 Å². The van der Waals surface area contributed by atoms with Gasteiger partial charge in [-0.25, -0.2) is 0 Å². The number of ether oxygens (including phenoxy) is 1. The molecule has 4 heteroatoms. The molecule has 18 heavy (non-hydrogen) atoms. The molecule has 96 valence electrons. The molecule has 0 aliphatic carbocycles. The first kappa shape index (κ1) is 13.2. The molecule has 0 N–H and O–H groups in total. The third-order valence-corrected chi connectivity index (χ3v) is 3.74. The van der Waals surface area contributed by atoms with Crippen LogP contribution in [0.5, 0.6) is 0 Å². The lowest BCUT2D eigenvalue weighted by atomic mass is 10.00. The summed E-state index contributed by atoms with van der Waals surface area (Å²) in [4.78, 5) is 2.19. The smallest absolute Gasteiger partial charge is 0.101 e. The summed E-state index contributed by atoms with van der Waals surface area (Å²) in [6.07, 6.45) is 0.950.